The average Bonchev–Trinajstić information content (AvgIpc) is 2.56. The zero-order valence-electron chi connectivity index (χ0n) is 13.6. The predicted molar refractivity (Wildman–Crippen MR) is 107 cm³/mol. The first-order chi connectivity index (χ1) is 11.9. The predicted octanol–water partition coefficient (Wildman–Crippen LogP) is 5.67. The van der Waals surface area contributed by atoms with Crippen molar-refractivity contribution in [2.24, 2.45) is 0 Å². The summed E-state index contributed by atoms with van der Waals surface area (Å²) in [6.07, 6.45) is 4.23. The molecule has 0 amide bonds. The van der Waals surface area contributed by atoms with Gasteiger partial charge in [0.05, 0.1) is 0 Å². The Bertz CT molecular complexity index is 846. The number of hydrogen-bond acceptors (Lipinski definition) is 2. The highest BCUT2D eigenvalue weighted by molar-refractivity contribution is 9.10. The van der Waals surface area contributed by atoms with Crippen LogP contribution in [-0.4, -0.2) is 11.6 Å². The lowest BCUT2D eigenvalue weighted by Crippen LogP contribution is -2.13. The average molecular weight is 485 g/mol. The lowest BCUT2D eigenvalue weighted by atomic mass is 9.91. The van der Waals surface area contributed by atoms with Crippen molar-refractivity contribution in [1.29, 1.82) is 0 Å². The molecule has 2 nitrogen and oxygen atoms in total. The van der Waals surface area contributed by atoms with Crippen molar-refractivity contribution in [2.75, 3.05) is 0 Å². The minimum atomic E-state index is 0.289. The van der Waals surface area contributed by atoms with Crippen LogP contribution in [0, 0.1) is 0 Å². The summed E-state index contributed by atoms with van der Waals surface area (Å²) in [5.74, 6) is 0.654. The topological polar surface area (TPSA) is 34.1 Å². The van der Waals surface area contributed by atoms with E-state index in [1.807, 2.05) is 24.3 Å². The quantitative estimate of drug-likeness (QED) is 0.483. The summed E-state index contributed by atoms with van der Waals surface area (Å²) in [5.41, 5.74) is 4.75. The Hall–Kier alpha value is -0.970. The van der Waals surface area contributed by atoms with Crippen LogP contribution < -0.4 is 0 Å². The Morgan fingerprint density at radius 1 is 0.720 bits per heavy atom. The van der Waals surface area contributed by atoms with Gasteiger partial charge in [-0.1, -0.05) is 49.5 Å². The van der Waals surface area contributed by atoms with Gasteiger partial charge in [0.1, 0.15) is 11.6 Å². The van der Waals surface area contributed by atoms with Gasteiger partial charge in [0.15, 0.2) is 0 Å². The summed E-state index contributed by atoms with van der Waals surface area (Å²) in [4.78, 5) is 22.3. The van der Waals surface area contributed by atoms with Gasteiger partial charge in [-0.2, -0.15) is 0 Å². The molecule has 25 heavy (non-hydrogen) atoms. The molecular weight excluding hydrogens is 467 g/mol. The minimum Gasteiger partial charge on any atom is -0.299 e. The summed E-state index contributed by atoms with van der Waals surface area (Å²) >= 11 is 12.8. The number of Topliss-reactive ketones (excluding diaryl/α,β-unsaturated/α-hetero) is 2. The number of rotatable bonds is 0. The first-order valence-corrected chi connectivity index (χ1v) is 10.2. The molecule has 0 radical (unpaired) electrons. The molecule has 0 saturated carbocycles. The van der Waals surface area contributed by atoms with Crippen molar-refractivity contribution >= 4 is 55.0 Å². The fraction of sp³-hybridized carbons (Fsp3) is 0.300. The molecule has 2 aromatic carbocycles. The van der Waals surface area contributed by atoms with Crippen LogP contribution in [0.5, 0.6) is 0 Å². The van der Waals surface area contributed by atoms with Crippen LogP contribution in [0.1, 0.15) is 35.1 Å². The van der Waals surface area contributed by atoms with Gasteiger partial charge >= 0.3 is 0 Å². The van der Waals surface area contributed by atoms with Gasteiger partial charge in [-0.05, 0) is 59.4 Å². The fourth-order valence-electron chi connectivity index (χ4n) is 3.21. The van der Waals surface area contributed by atoms with E-state index in [1.54, 1.807) is 0 Å². The number of aryl methyl sites for hydroxylation is 2. The molecule has 0 atom stereocenters. The highest BCUT2D eigenvalue weighted by atomic mass is 79.9. The Labute approximate surface area is 169 Å². The van der Waals surface area contributed by atoms with Gasteiger partial charge in [0.25, 0.3) is 0 Å². The first kappa shape index (κ1) is 18.8. The van der Waals surface area contributed by atoms with Crippen LogP contribution >= 0.6 is 43.5 Å². The Kier molecular flexibility index (Phi) is 6.13. The smallest absolute Gasteiger partial charge is 0.137 e. The van der Waals surface area contributed by atoms with Crippen LogP contribution in [0.2, 0.25) is 5.02 Å². The molecule has 0 unspecified atom stereocenters. The highest BCUT2D eigenvalue weighted by Crippen LogP contribution is 2.30. The van der Waals surface area contributed by atoms with E-state index < -0.39 is 0 Å². The van der Waals surface area contributed by atoms with E-state index in [2.05, 4.69) is 37.9 Å². The van der Waals surface area contributed by atoms with E-state index in [0.29, 0.717) is 36.5 Å². The number of fused-ring (bicyclic) bond motifs is 2. The van der Waals surface area contributed by atoms with Crippen molar-refractivity contribution in [1.82, 2.24) is 0 Å². The van der Waals surface area contributed by atoms with E-state index in [1.165, 1.54) is 16.7 Å². The molecule has 0 spiro atoms. The Morgan fingerprint density at radius 2 is 1.36 bits per heavy atom. The number of carbonyl (C=O) groups is 2. The molecule has 0 heterocycles. The lowest BCUT2D eigenvalue weighted by molar-refractivity contribution is -0.119. The standard InChI is InChI=1S/C10H8BrClO.C10H9BrO/c11-7-3-6-1-2-8(13)5-9(6)10(12)4-7;11-9-3-1-8-6-10(12)4-2-7(8)5-9/h3-4H,1-2,5H2;1,3,5H,2,4,6H2. The summed E-state index contributed by atoms with van der Waals surface area (Å²) in [7, 11) is 0. The van der Waals surface area contributed by atoms with Gasteiger partial charge in [-0.25, -0.2) is 0 Å². The summed E-state index contributed by atoms with van der Waals surface area (Å²) in [5, 5.41) is 0.706. The monoisotopic (exact) mass is 482 g/mol. The van der Waals surface area contributed by atoms with Crippen molar-refractivity contribution in [3.8, 4) is 0 Å². The molecular formula is C20H17Br2ClO2. The van der Waals surface area contributed by atoms with Crippen molar-refractivity contribution in [3.05, 3.63) is 66.6 Å². The molecule has 0 fully saturated rings. The molecule has 4 rings (SSSR count). The van der Waals surface area contributed by atoms with Gasteiger partial charge < -0.3 is 0 Å². The van der Waals surface area contributed by atoms with E-state index in [0.717, 1.165) is 27.4 Å². The zero-order valence-corrected chi connectivity index (χ0v) is 17.5. The molecule has 2 aromatic rings. The van der Waals surface area contributed by atoms with Gasteiger partial charge in [-0.15, -0.1) is 0 Å². The SMILES string of the molecule is O=C1CCc2cc(Br)cc(Cl)c2C1.O=C1CCc2cc(Br)ccc2C1. The minimum absolute atomic E-state index is 0.289. The second-order valence-corrected chi connectivity index (χ2v) is 8.61. The molecule has 2 aliphatic carbocycles. The maximum absolute atomic E-state index is 11.2. The van der Waals surface area contributed by atoms with Crippen molar-refractivity contribution in [2.45, 2.75) is 38.5 Å². The Balaban J connectivity index is 0.000000146. The van der Waals surface area contributed by atoms with Gasteiger partial charge in [0, 0.05) is 39.7 Å². The maximum atomic E-state index is 11.2. The molecule has 2 aliphatic rings. The van der Waals surface area contributed by atoms with Crippen LogP contribution in [0.4, 0.5) is 0 Å². The highest BCUT2D eigenvalue weighted by Gasteiger charge is 2.18. The normalized spacial score (nSPS) is 15.8. The molecule has 130 valence electrons. The lowest BCUT2D eigenvalue weighted by Gasteiger charge is -2.16. The Morgan fingerprint density at radius 3 is 2.12 bits per heavy atom. The largest absolute Gasteiger partial charge is 0.299 e. The number of carbonyl (C=O) groups excluding carboxylic acids is 2. The zero-order chi connectivity index (χ0) is 18.0. The summed E-state index contributed by atoms with van der Waals surface area (Å²) in [6.45, 7) is 0. The molecule has 0 N–H and O–H groups in total. The fourth-order valence-corrected chi connectivity index (χ4v) is 4.56. The molecule has 0 aromatic heterocycles. The number of hydrogen-bond donors (Lipinski definition) is 0. The van der Waals surface area contributed by atoms with Gasteiger partial charge in [-0.3, -0.25) is 9.59 Å². The molecule has 0 bridgehead atoms. The van der Waals surface area contributed by atoms with Crippen molar-refractivity contribution < 1.29 is 9.59 Å². The molecule has 0 saturated heterocycles. The molecule has 0 aliphatic heterocycles. The summed E-state index contributed by atoms with van der Waals surface area (Å²) < 4.78 is 2.10. The van der Waals surface area contributed by atoms with Crippen LogP contribution in [0.15, 0.2) is 39.3 Å². The van der Waals surface area contributed by atoms with E-state index in [4.69, 9.17) is 11.6 Å². The van der Waals surface area contributed by atoms with E-state index in [-0.39, 0.29) is 5.78 Å². The number of halogens is 3. The second kappa shape index (κ2) is 8.15. The third kappa shape index (κ3) is 4.81. The molecule has 5 heteroatoms. The summed E-state index contributed by atoms with van der Waals surface area (Å²) in [6, 6.07) is 10.0. The third-order valence-corrected chi connectivity index (χ3v) is 5.82. The van der Waals surface area contributed by atoms with Crippen LogP contribution in [0.25, 0.3) is 0 Å². The van der Waals surface area contributed by atoms with Crippen molar-refractivity contribution in [3.63, 3.8) is 0 Å². The maximum Gasteiger partial charge on any atom is 0.137 e. The number of benzene rings is 2. The van der Waals surface area contributed by atoms with E-state index in [9.17, 15) is 9.59 Å². The second-order valence-electron chi connectivity index (χ2n) is 6.37. The van der Waals surface area contributed by atoms with E-state index >= 15 is 0 Å². The van der Waals surface area contributed by atoms with Gasteiger partial charge in [0.2, 0.25) is 0 Å². The van der Waals surface area contributed by atoms with Crippen LogP contribution in [-0.2, 0) is 35.3 Å². The van der Waals surface area contributed by atoms with Crippen LogP contribution in [0.3, 0.4) is 0 Å². The first-order valence-electron chi connectivity index (χ1n) is 8.20. The number of ketones is 2. The third-order valence-electron chi connectivity index (χ3n) is 4.53.